The smallest absolute Gasteiger partial charge is 0.124 e. The lowest BCUT2D eigenvalue weighted by molar-refractivity contribution is 0.471. The Bertz CT molecular complexity index is 1180. The monoisotopic (exact) mass is 466 g/mol. The maximum atomic E-state index is 10.4. The highest BCUT2D eigenvalue weighted by atomic mass is 16.3. The third-order valence-electron chi connectivity index (χ3n) is 5.49. The normalized spacial score (nSPS) is 10.5. The Morgan fingerprint density at radius 2 is 0.686 bits per heavy atom. The Morgan fingerprint density at radius 3 is 0.943 bits per heavy atom. The topological polar surface area (TPSA) is 106 Å². The number of nitrogens with zero attached hydrogens (tertiary/aromatic N) is 2. The maximum Gasteiger partial charge on any atom is 0.124 e. The fourth-order valence-electron chi connectivity index (χ4n) is 3.78. The molecule has 0 fully saturated rings. The lowest BCUT2D eigenvalue weighted by Crippen LogP contribution is -2.07. The van der Waals surface area contributed by atoms with Gasteiger partial charge in [0.25, 0.3) is 0 Å². The molecule has 0 saturated carbocycles. The first kappa shape index (κ1) is 23.6. The van der Waals surface area contributed by atoms with Crippen molar-refractivity contribution in [1.82, 2.24) is 0 Å². The van der Waals surface area contributed by atoms with Crippen molar-refractivity contribution < 1.29 is 20.4 Å². The molecule has 35 heavy (non-hydrogen) atoms. The highest BCUT2D eigenvalue weighted by molar-refractivity contribution is 6.16. The zero-order chi connectivity index (χ0) is 24.6. The molecule has 4 aromatic rings. The fourth-order valence-corrected chi connectivity index (χ4v) is 3.78. The summed E-state index contributed by atoms with van der Waals surface area (Å²) in [4.78, 5) is 9.38. The Morgan fingerprint density at radius 1 is 0.429 bits per heavy atom. The molecule has 0 bridgehead atoms. The van der Waals surface area contributed by atoms with Gasteiger partial charge in [0.2, 0.25) is 0 Å². The standard InChI is InChI=1S/C29H26N2O4/c32-24-14-5-1-10-20(24)28(21-11-2-6-15-25(21)33)30-18-9-19-31-29(22-12-3-7-16-26(22)34)23-13-4-8-17-27(23)35/h1-8,10-17,32-35H,9,18-19H2. The molecule has 0 aliphatic heterocycles. The van der Waals surface area contributed by atoms with Gasteiger partial charge in [-0.25, -0.2) is 0 Å². The van der Waals surface area contributed by atoms with Crippen LogP contribution in [0.1, 0.15) is 28.7 Å². The van der Waals surface area contributed by atoms with Crippen molar-refractivity contribution in [2.45, 2.75) is 6.42 Å². The summed E-state index contributed by atoms with van der Waals surface area (Å²) in [6.45, 7) is 0.770. The first-order valence-electron chi connectivity index (χ1n) is 11.3. The van der Waals surface area contributed by atoms with Crippen LogP contribution in [0.2, 0.25) is 0 Å². The molecule has 0 heterocycles. The van der Waals surface area contributed by atoms with Crippen LogP contribution < -0.4 is 0 Å². The number of phenolic OH excluding ortho intramolecular Hbond substituents is 4. The molecule has 0 aliphatic rings. The second kappa shape index (κ2) is 11.0. The number of phenols is 4. The molecule has 0 radical (unpaired) electrons. The van der Waals surface area contributed by atoms with Crippen molar-refractivity contribution in [3.05, 3.63) is 119 Å². The van der Waals surface area contributed by atoms with Gasteiger partial charge in [0, 0.05) is 35.3 Å². The summed E-state index contributed by atoms with van der Waals surface area (Å²) in [6.07, 6.45) is 0.565. The van der Waals surface area contributed by atoms with Gasteiger partial charge < -0.3 is 20.4 Å². The van der Waals surface area contributed by atoms with Crippen LogP contribution in [0.4, 0.5) is 0 Å². The van der Waals surface area contributed by atoms with E-state index in [2.05, 4.69) is 0 Å². The van der Waals surface area contributed by atoms with E-state index in [-0.39, 0.29) is 23.0 Å². The Kier molecular flexibility index (Phi) is 7.43. The van der Waals surface area contributed by atoms with Crippen molar-refractivity contribution in [2.75, 3.05) is 13.1 Å². The van der Waals surface area contributed by atoms with Crippen LogP contribution in [0.3, 0.4) is 0 Å². The predicted octanol–water partition coefficient (Wildman–Crippen LogP) is 5.27. The van der Waals surface area contributed by atoms with Gasteiger partial charge in [-0.15, -0.1) is 0 Å². The second-order valence-electron chi connectivity index (χ2n) is 7.88. The minimum atomic E-state index is 0.0777. The zero-order valence-electron chi connectivity index (χ0n) is 19.0. The van der Waals surface area contributed by atoms with Crippen LogP contribution in [0.5, 0.6) is 23.0 Å². The van der Waals surface area contributed by atoms with Crippen LogP contribution in [0, 0.1) is 0 Å². The molecule has 0 aliphatic carbocycles. The molecule has 0 spiro atoms. The van der Waals surface area contributed by atoms with E-state index in [1.807, 2.05) is 0 Å². The molecule has 0 saturated heterocycles. The summed E-state index contributed by atoms with van der Waals surface area (Å²) >= 11 is 0. The number of hydrogen-bond acceptors (Lipinski definition) is 6. The van der Waals surface area contributed by atoms with Crippen molar-refractivity contribution in [3.63, 3.8) is 0 Å². The van der Waals surface area contributed by atoms with Gasteiger partial charge in [0.1, 0.15) is 23.0 Å². The summed E-state index contributed by atoms with van der Waals surface area (Å²) in [5.74, 6) is 0.311. The van der Waals surface area contributed by atoms with E-state index in [4.69, 9.17) is 9.98 Å². The van der Waals surface area contributed by atoms with E-state index in [0.717, 1.165) is 0 Å². The van der Waals surface area contributed by atoms with E-state index < -0.39 is 0 Å². The van der Waals surface area contributed by atoms with Crippen LogP contribution in [-0.2, 0) is 0 Å². The van der Waals surface area contributed by atoms with Gasteiger partial charge in [-0.3, -0.25) is 9.98 Å². The van der Waals surface area contributed by atoms with Crippen molar-refractivity contribution in [3.8, 4) is 23.0 Å². The molecule has 6 heteroatoms. The van der Waals surface area contributed by atoms with Crippen molar-refractivity contribution >= 4 is 11.4 Å². The van der Waals surface area contributed by atoms with E-state index >= 15 is 0 Å². The van der Waals surface area contributed by atoms with Gasteiger partial charge in [0.15, 0.2) is 0 Å². The zero-order valence-corrected chi connectivity index (χ0v) is 19.0. The summed E-state index contributed by atoms with van der Waals surface area (Å²) in [7, 11) is 0. The highest BCUT2D eigenvalue weighted by Crippen LogP contribution is 2.27. The molecule has 176 valence electrons. The molecule has 4 rings (SSSR count). The number of hydrogen-bond donors (Lipinski definition) is 4. The summed E-state index contributed by atoms with van der Waals surface area (Å²) in [5, 5.41) is 41.5. The predicted molar refractivity (Wildman–Crippen MR) is 138 cm³/mol. The van der Waals surface area contributed by atoms with Gasteiger partial charge in [0.05, 0.1) is 11.4 Å². The van der Waals surface area contributed by atoms with E-state index in [1.54, 1.807) is 97.1 Å². The Balaban J connectivity index is 1.61. The molecule has 4 N–H and O–H groups in total. The van der Waals surface area contributed by atoms with Gasteiger partial charge in [-0.2, -0.15) is 0 Å². The highest BCUT2D eigenvalue weighted by Gasteiger charge is 2.15. The largest absolute Gasteiger partial charge is 0.507 e. The van der Waals surface area contributed by atoms with E-state index in [1.165, 1.54) is 0 Å². The summed E-state index contributed by atoms with van der Waals surface area (Å²) in [6, 6.07) is 27.5. The Labute approximate surface area is 203 Å². The first-order chi connectivity index (χ1) is 17.1. The Hall–Kier alpha value is -4.58. The molecule has 0 aromatic heterocycles. The number of aliphatic imine (C=N–C) groups is 2. The van der Waals surface area contributed by atoms with Crippen LogP contribution in [0.15, 0.2) is 107 Å². The number of rotatable bonds is 8. The molecular formula is C29H26N2O4. The minimum absolute atomic E-state index is 0.0777. The molecule has 0 amide bonds. The molecule has 0 atom stereocenters. The van der Waals surface area contributed by atoms with Gasteiger partial charge in [-0.05, 0) is 55.0 Å². The van der Waals surface area contributed by atoms with Crippen molar-refractivity contribution in [1.29, 1.82) is 0 Å². The first-order valence-corrected chi connectivity index (χ1v) is 11.3. The SMILES string of the molecule is Oc1ccccc1C(=NCCCN=C(c1ccccc1O)c1ccccc1O)c1ccccc1O. The third-order valence-corrected chi connectivity index (χ3v) is 5.49. The van der Waals surface area contributed by atoms with E-state index in [9.17, 15) is 20.4 Å². The maximum absolute atomic E-state index is 10.4. The number of benzene rings is 4. The van der Waals surface area contributed by atoms with Crippen LogP contribution in [-0.4, -0.2) is 44.9 Å². The summed E-state index contributed by atoms with van der Waals surface area (Å²) < 4.78 is 0. The lowest BCUT2D eigenvalue weighted by Gasteiger charge is -2.12. The molecule has 4 aromatic carbocycles. The quantitative estimate of drug-likeness (QED) is 0.210. The fraction of sp³-hybridized carbons (Fsp3) is 0.103. The van der Waals surface area contributed by atoms with Crippen LogP contribution >= 0.6 is 0 Å². The van der Waals surface area contributed by atoms with Crippen LogP contribution in [0.25, 0.3) is 0 Å². The van der Waals surface area contributed by atoms with Crippen molar-refractivity contribution in [2.24, 2.45) is 9.98 Å². The van der Waals surface area contributed by atoms with Gasteiger partial charge in [-0.1, -0.05) is 48.5 Å². The minimum Gasteiger partial charge on any atom is -0.507 e. The average molecular weight is 467 g/mol. The summed E-state index contributed by atoms with van der Waals surface area (Å²) in [5.41, 5.74) is 3.10. The van der Waals surface area contributed by atoms with Gasteiger partial charge >= 0.3 is 0 Å². The molecule has 6 nitrogen and oxygen atoms in total. The number of aromatic hydroxyl groups is 4. The molecule has 0 unspecified atom stereocenters. The average Bonchev–Trinajstić information content (AvgIpc) is 2.86. The second-order valence-corrected chi connectivity index (χ2v) is 7.88. The van der Waals surface area contributed by atoms with E-state index in [0.29, 0.717) is 53.2 Å². The lowest BCUT2D eigenvalue weighted by atomic mass is 10.00. The molecular weight excluding hydrogens is 440 g/mol. The third kappa shape index (κ3) is 5.50. The number of para-hydroxylation sites is 4.